The minimum atomic E-state index is -1.22. The summed E-state index contributed by atoms with van der Waals surface area (Å²) >= 11 is 0. The van der Waals surface area contributed by atoms with Gasteiger partial charge in [-0.2, -0.15) is 0 Å². The largest absolute Gasteiger partial charge is 0.497 e. The van der Waals surface area contributed by atoms with Gasteiger partial charge in [-0.05, 0) is 54.3 Å². The van der Waals surface area contributed by atoms with E-state index < -0.39 is 30.1 Å². The topological polar surface area (TPSA) is 144 Å². The molecule has 4 atom stereocenters. The van der Waals surface area contributed by atoms with Crippen molar-refractivity contribution in [2.75, 3.05) is 41.0 Å². The Morgan fingerprint density at radius 2 is 1.84 bits per heavy atom. The number of aldehydes is 1. The maximum absolute atomic E-state index is 13.7. The van der Waals surface area contributed by atoms with Crippen molar-refractivity contribution in [3.8, 4) is 23.0 Å². The molecule has 2 aromatic rings. The first kappa shape index (κ1) is 31.8. The first-order chi connectivity index (χ1) is 20.7. The Bertz CT molecular complexity index is 1370. The van der Waals surface area contributed by atoms with Gasteiger partial charge in [0.2, 0.25) is 11.8 Å². The van der Waals surface area contributed by atoms with E-state index in [0.717, 1.165) is 5.56 Å². The van der Waals surface area contributed by atoms with Crippen molar-refractivity contribution in [3.05, 3.63) is 58.7 Å². The van der Waals surface area contributed by atoms with Crippen LogP contribution in [0.4, 0.5) is 0 Å². The van der Waals surface area contributed by atoms with E-state index >= 15 is 0 Å². The lowest BCUT2D eigenvalue weighted by molar-refractivity contribution is -0.137. The van der Waals surface area contributed by atoms with Gasteiger partial charge in [-0.25, -0.2) is 0 Å². The number of methoxy groups -OCH3 is 3. The van der Waals surface area contributed by atoms with E-state index in [4.69, 9.17) is 18.9 Å². The molecule has 1 heterocycles. The third kappa shape index (κ3) is 6.62. The van der Waals surface area contributed by atoms with E-state index in [0.29, 0.717) is 46.8 Å². The Morgan fingerprint density at radius 3 is 2.47 bits per heavy atom. The van der Waals surface area contributed by atoms with Crippen molar-refractivity contribution < 1.29 is 43.5 Å². The molecule has 4 rings (SSSR count). The third-order valence-electron chi connectivity index (χ3n) is 7.78. The molecule has 0 radical (unpaired) electrons. The number of carbonyl (C=O) groups is 3. The first-order valence-electron chi connectivity index (χ1n) is 14.3. The van der Waals surface area contributed by atoms with E-state index in [1.165, 1.54) is 13.2 Å². The number of carbonyl (C=O) groups excluding carboxylic acids is 3. The Morgan fingerprint density at radius 1 is 1.09 bits per heavy atom. The van der Waals surface area contributed by atoms with Crippen LogP contribution in [0.15, 0.2) is 42.0 Å². The van der Waals surface area contributed by atoms with Gasteiger partial charge in [0.25, 0.3) is 0 Å². The van der Waals surface area contributed by atoms with E-state index in [1.54, 1.807) is 43.4 Å². The molecule has 0 unspecified atom stereocenters. The van der Waals surface area contributed by atoms with Crippen molar-refractivity contribution >= 4 is 18.1 Å². The number of nitrogens with zero attached hydrogens (tertiary/aromatic N) is 1. The highest BCUT2D eigenvalue weighted by Gasteiger charge is 2.51. The Hall–Kier alpha value is -4.09. The van der Waals surface area contributed by atoms with Crippen molar-refractivity contribution in [3.63, 3.8) is 0 Å². The van der Waals surface area contributed by atoms with E-state index in [2.05, 4.69) is 5.32 Å². The van der Waals surface area contributed by atoms with Gasteiger partial charge in [-0.15, -0.1) is 0 Å². The summed E-state index contributed by atoms with van der Waals surface area (Å²) in [5.74, 6) is 0.531. The third-order valence-corrected chi connectivity index (χ3v) is 7.78. The summed E-state index contributed by atoms with van der Waals surface area (Å²) in [6.45, 7) is 3.83. The molecule has 43 heavy (non-hydrogen) atoms. The highest BCUT2D eigenvalue weighted by atomic mass is 16.5. The second-order valence-electron chi connectivity index (χ2n) is 11.0. The number of ether oxygens (including phenoxy) is 4. The van der Waals surface area contributed by atoms with Crippen LogP contribution in [0.2, 0.25) is 0 Å². The van der Waals surface area contributed by atoms with Crippen LogP contribution in [-0.4, -0.2) is 92.5 Å². The number of amides is 2. The average molecular weight is 597 g/mol. The highest BCUT2D eigenvalue weighted by Crippen LogP contribution is 2.51. The number of aliphatic hydroxyl groups excluding tert-OH is 2. The summed E-state index contributed by atoms with van der Waals surface area (Å²) in [7, 11) is 4.58. The van der Waals surface area contributed by atoms with Crippen LogP contribution in [0.5, 0.6) is 23.0 Å². The standard InChI is InChI=1S/C32H40N2O9/c1-18(2)12-27(37)34(10-8-20-15-21(40-3)6-7-25(20)41-4)24-16-23(32(39)33-9-11-35)28-22-13-19(17-36)14-26(42-5)30(22)43-31(28)29(24)38/h6-7,13-18,24,28-29,31,35,38H,8-12H2,1-5H3,(H,33,39)/t24-,28+,29+,31+/m1/s1. The zero-order valence-electron chi connectivity index (χ0n) is 25.2. The van der Waals surface area contributed by atoms with Crippen LogP contribution in [0, 0.1) is 5.92 Å². The second kappa shape index (κ2) is 13.9. The summed E-state index contributed by atoms with van der Waals surface area (Å²) in [4.78, 5) is 40.5. The van der Waals surface area contributed by atoms with Gasteiger partial charge in [0.1, 0.15) is 30.0 Å². The Labute approximate surface area is 251 Å². The van der Waals surface area contributed by atoms with E-state index in [9.17, 15) is 24.6 Å². The lowest BCUT2D eigenvalue weighted by Crippen LogP contribution is -2.56. The van der Waals surface area contributed by atoms with Gasteiger partial charge in [-0.3, -0.25) is 14.4 Å². The predicted octanol–water partition coefficient (Wildman–Crippen LogP) is 2.26. The molecule has 0 saturated carbocycles. The van der Waals surface area contributed by atoms with Crippen LogP contribution in [0.3, 0.4) is 0 Å². The molecule has 0 aromatic heterocycles. The SMILES string of the molecule is COc1ccc(OC)c(CCN(C(=O)CC(C)C)[C@@H]2C=C(C(=O)NCCO)[C@@H]3c4cc(C=O)cc(OC)c4O[C@@H]3[C@H]2O)c1. The fourth-order valence-corrected chi connectivity index (χ4v) is 5.78. The van der Waals surface area contributed by atoms with Crippen LogP contribution in [0.25, 0.3) is 0 Å². The monoisotopic (exact) mass is 596 g/mol. The maximum Gasteiger partial charge on any atom is 0.247 e. The molecule has 0 saturated heterocycles. The number of nitrogens with one attached hydrogen (secondary N) is 1. The van der Waals surface area contributed by atoms with Gasteiger partial charge in [-0.1, -0.05) is 13.8 Å². The minimum absolute atomic E-state index is 0.0117. The molecule has 2 aromatic carbocycles. The van der Waals surface area contributed by atoms with Crippen molar-refractivity contribution in [1.29, 1.82) is 0 Å². The number of aliphatic hydroxyl groups is 2. The fraction of sp³-hybridized carbons (Fsp3) is 0.469. The molecule has 232 valence electrons. The van der Waals surface area contributed by atoms with Crippen molar-refractivity contribution in [1.82, 2.24) is 10.2 Å². The highest BCUT2D eigenvalue weighted by molar-refractivity contribution is 5.96. The number of hydrogen-bond donors (Lipinski definition) is 3. The molecular weight excluding hydrogens is 556 g/mol. The van der Waals surface area contributed by atoms with Gasteiger partial charge in [0.15, 0.2) is 11.5 Å². The minimum Gasteiger partial charge on any atom is -0.497 e. The predicted molar refractivity (Wildman–Crippen MR) is 158 cm³/mol. The van der Waals surface area contributed by atoms with E-state index in [-0.39, 0.29) is 43.5 Å². The lowest BCUT2D eigenvalue weighted by atomic mass is 9.77. The molecule has 1 aliphatic heterocycles. The van der Waals surface area contributed by atoms with Crippen LogP contribution in [0.1, 0.15) is 47.7 Å². The van der Waals surface area contributed by atoms with Gasteiger partial charge in [0.05, 0.1) is 39.9 Å². The Kier molecular flexibility index (Phi) is 10.3. The molecule has 0 bridgehead atoms. The summed E-state index contributed by atoms with van der Waals surface area (Å²) in [6.07, 6.45) is 0.726. The quantitative estimate of drug-likeness (QED) is 0.297. The van der Waals surface area contributed by atoms with Crippen molar-refractivity contribution in [2.24, 2.45) is 5.92 Å². The summed E-state index contributed by atoms with van der Waals surface area (Å²) in [5, 5.41) is 23.9. The number of rotatable bonds is 13. The van der Waals surface area contributed by atoms with Crippen LogP contribution in [-0.2, 0) is 16.0 Å². The maximum atomic E-state index is 13.7. The smallest absolute Gasteiger partial charge is 0.247 e. The number of fused-ring (bicyclic) bond motifs is 3. The first-order valence-corrected chi connectivity index (χ1v) is 14.3. The zero-order valence-corrected chi connectivity index (χ0v) is 25.2. The van der Waals surface area contributed by atoms with Gasteiger partial charge in [0, 0.05) is 36.2 Å². The second-order valence-corrected chi connectivity index (χ2v) is 11.0. The fourth-order valence-electron chi connectivity index (χ4n) is 5.78. The normalized spacial score (nSPS) is 20.3. The van der Waals surface area contributed by atoms with E-state index in [1.807, 2.05) is 19.9 Å². The summed E-state index contributed by atoms with van der Waals surface area (Å²) < 4.78 is 22.7. The summed E-state index contributed by atoms with van der Waals surface area (Å²) in [6, 6.07) is 7.66. The molecule has 11 heteroatoms. The molecule has 3 N–H and O–H groups in total. The number of hydrogen-bond acceptors (Lipinski definition) is 9. The van der Waals surface area contributed by atoms with Gasteiger partial charge < -0.3 is 39.4 Å². The molecule has 1 aliphatic carbocycles. The van der Waals surface area contributed by atoms with Crippen LogP contribution < -0.4 is 24.3 Å². The number of benzene rings is 2. The summed E-state index contributed by atoms with van der Waals surface area (Å²) in [5.41, 5.74) is 1.93. The average Bonchev–Trinajstić information content (AvgIpc) is 3.39. The molecule has 11 nitrogen and oxygen atoms in total. The zero-order chi connectivity index (χ0) is 31.3. The lowest BCUT2D eigenvalue weighted by Gasteiger charge is -2.41. The molecule has 2 aliphatic rings. The van der Waals surface area contributed by atoms with Crippen molar-refractivity contribution in [2.45, 2.75) is 50.9 Å². The molecule has 2 amide bonds. The molecular formula is C32H40N2O9. The van der Waals surface area contributed by atoms with Crippen LogP contribution >= 0.6 is 0 Å². The molecule has 0 fully saturated rings. The van der Waals surface area contributed by atoms with Gasteiger partial charge >= 0.3 is 0 Å². The molecule has 0 spiro atoms. The Balaban J connectivity index is 1.79.